The molecule has 100 valence electrons. The van der Waals surface area contributed by atoms with Crippen molar-refractivity contribution in [3.8, 4) is 0 Å². The van der Waals surface area contributed by atoms with Crippen molar-refractivity contribution >= 4 is 38.3 Å². The number of benzene rings is 1. The number of aromatic nitrogens is 2. The third kappa shape index (κ3) is 2.49. The van der Waals surface area contributed by atoms with Gasteiger partial charge in [0.1, 0.15) is 11.3 Å². The Bertz CT molecular complexity index is 789. The van der Waals surface area contributed by atoms with E-state index < -0.39 is 0 Å². The molecule has 3 nitrogen and oxygen atoms in total. The molecule has 0 aliphatic rings. The number of pyridine rings is 2. The normalized spacial score (nSPS) is 10.8. The van der Waals surface area contributed by atoms with E-state index in [9.17, 15) is 4.39 Å². The summed E-state index contributed by atoms with van der Waals surface area (Å²) in [5.41, 5.74) is 3.49. The lowest BCUT2D eigenvalue weighted by atomic mass is 10.2. The molecule has 0 atom stereocenters. The minimum Gasteiger partial charge on any atom is -0.351 e. The molecule has 0 saturated heterocycles. The molecule has 0 fully saturated rings. The van der Waals surface area contributed by atoms with Crippen molar-refractivity contribution in [2.45, 2.75) is 6.92 Å². The van der Waals surface area contributed by atoms with E-state index in [2.05, 4.69) is 31.2 Å². The Morgan fingerprint density at radius 3 is 2.75 bits per heavy atom. The fourth-order valence-corrected chi connectivity index (χ4v) is 2.29. The largest absolute Gasteiger partial charge is 0.351 e. The molecule has 20 heavy (non-hydrogen) atoms. The van der Waals surface area contributed by atoms with Crippen LogP contribution < -0.4 is 5.32 Å². The summed E-state index contributed by atoms with van der Waals surface area (Å²) in [7, 11) is 0. The van der Waals surface area contributed by atoms with E-state index in [1.165, 1.54) is 6.07 Å². The number of halogens is 2. The summed E-state index contributed by atoms with van der Waals surface area (Å²) in [6.45, 7) is 1.85. The van der Waals surface area contributed by atoms with Crippen LogP contribution in [0.5, 0.6) is 0 Å². The van der Waals surface area contributed by atoms with E-state index in [4.69, 9.17) is 0 Å². The van der Waals surface area contributed by atoms with Gasteiger partial charge in [0.25, 0.3) is 0 Å². The Kier molecular flexibility index (Phi) is 3.36. The van der Waals surface area contributed by atoms with Gasteiger partial charge in [0.15, 0.2) is 0 Å². The van der Waals surface area contributed by atoms with Gasteiger partial charge >= 0.3 is 0 Å². The zero-order chi connectivity index (χ0) is 14.1. The minimum absolute atomic E-state index is 0.285. The molecule has 0 unspecified atom stereocenters. The second-order valence-electron chi connectivity index (χ2n) is 4.49. The van der Waals surface area contributed by atoms with Crippen LogP contribution in [0, 0.1) is 12.7 Å². The Hall–Kier alpha value is -2.01. The van der Waals surface area contributed by atoms with Crippen molar-refractivity contribution < 1.29 is 4.39 Å². The van der Waals surface area contributed by atoms with Crippen LogP contribution in [0.3, 0.4) is 0 Å². The Morgan fingerprint density at radius 1 is 1.10 bits per heavy atom. The first kappa shape index (κ1) is 13.0. The first-order chi connectivity index (χ1) is 9.63. The molecule has 2 aromatic heterocycles. The number of fused-ring (bicyclic) bond motifs is 1. The maximum absolute atomic E-state index is 13.9. The van der Waals surface area contributed by atoms with Gasteiger partial charge in [-0.2, -0.15) is 0 Å². The highest BCUT2D eigenvalue weighted by atomic mass is 79.9. The van der Waals surface area contributed by atoms with Crippen LogP contribution in [-0.2, 0) is 0 Å². The van der Waals surface area contributed by atoms with Crippen molar-refractivity contribution in [1.82, 2.24) is 9.97 Å². The van der Waals surface area contributed by atoms with E-state index in [1.807, 2.05) is 19.1 Å². The summed E-state index contributed by atoms with van der Waals surface area (Å²) in [5, 5.41) is 3.07. The van der Waals surface area contributed by atoms with E-state index in [-0.39, 0.29) is 5.82 Å². The van der Waals surface area contributed by atoms with Gasteiger partial charge in [0.2, 0.25) is 0 Å². The zero-order valence-electron chi connectivity index (χ0n) is 10.7. The van der Waals surface area contributed by atoms with E-state index in [0.29, 0.717) is 11.2 Å². The highest BCUT2D eigenvalue weighted by Gasteiger charge is 2.07. The Morgan fingerprint density at radius 2 is 1.95 bits per heavy atom. The average Bonchev–Trinajstić information content (AvgIpc) is 2.41. The highest BCUT2D eigenvalue weighted by molar-refractivity contribution is 9.10. The van der Waals surface area contributed by atoms with Crippen molar-refractivity contribution in [3.63, 3.8) is 0 Å². The molecule has 0 saturated carbocycles. The van der Waals surface area contributed by atoms with Gasteiger partial charge in [0.05, 0.1) is 16.9 Å². The van der Waals surface area contributed by atoms with Crippen molar-refractivity contribution in [3.05, 3.63) is 58.6 Å². The van der Waals surface area contributed by atoms with Gasteiger partial charge in [-0.05, 0) is 52.7 Å². The number of hydrogen-bond acceptors (Lipinski definition) is 3. The molecule has 1 aromatic carbocycles. The summed E-state index contributed by atoms with van der Waals surface area (Å²) in [6, 6.07) is 8.73. The summed E-state index contributed by atoms with van der Waals surface area (Å²) >= 11 is 3.36. The molecular weight excluding hydrogens is 321 g/mol. The molecule has 0 bridgehead atoms. The second-order valence-corrected chi connectivity index (χ2v) is 5.40. The lowest BCUT2D eigenvalue weighted by Crippen LogP contribution is -1.97. The fourth-order valence-electron chi connectivity index (χ4n) is 1.97. The summed E-state index contributed by atoms with van der Waals surface area (Å²) < 4.78 is 14.8. The van der Waals surface area contributed by atoms with Crippen LogP contribution in [0.1, 0.15) is 5.56 Å². The molecule has 5 heteroatoms. The molecular formula is C15H11BrFN3. The summed E-state index contributed by atoms with van der Waals surface area (Å²) in [6.07, 6.45) is 3.37. The number of rotatable bonds is 2. The smallest absolute Gasteiger partial charge is 0.146 e. The average molecular weight is 332 g/mol. The standard InChI is InChI=1S/C15H11BrFN3/c1-9-2-3-12(11(17)6-9)20-13-4-5-18-14-7-10(16)8-19-15(13)14/h2-8H,1H3,(H,18,20). The van der Waals surface area contributed by atoms with Crippen LogP contribution in [0.15, 0.2) is 47.2 Å². The van der Waals surface area contributed by atoms with E-state index in [1.54, 1.807) is 24.5 Å². The van der Waals surface area contributed by atoms with Crippen LogP contribution in [-0.4, -0.2) is 9.97 Å². The van der Waals surface area contributed by atoms with Gasteiger partial charge in [-0.15, -0.1) is 0 Å². The topological polar surface area (TPSA) is 37.8 Å². The molecule has 3 aromatic rings. The van der Waals surface area contributed by atoms with E-state index >= 15 is 0 Å². The summed E-state index contributed by atoms with van der Waals surface area (Å²) in [4.78, 5) is 8.58. The third-order valence-electron chi connectivity index (χ3n) is 2.94. The van der Waals surface area contributed by atoms with Crippen molar-refractivity contribution in [2.24, 2.45) is 0 Å². The predicted octanol–water partition coefficient (Wildman–Crippen LogP) is 4.58. The molecule has 3 rings (SSSR count). The molecule has 0 radical (unpaired) electrons. The Labute approximate surface area is 124 Å². The molecule has 0 aliphatic carbocycles. The SMILES string of the molecule is Cc1ccc(Nc2ccnc3cc(Br)cnc23)c(F)c1. The van der Waals surface area contributed by atoms with Gasteiger partial charge in [0, 0.05) is 16.9 Å². The highest BCUT2D eigenvalue weighted by Crippen LogP contribution is 2.26. The van der Waals surface area contributed by atoms with Gasteiger partial charge < -0.3 is 5.32 Å². The van der Waals surface area contributed by atoms with Crippen LogP contribution in [0.4, 0.5) is 15.8 Å². The predicted molar refractivity (Wildman–Crippen MR) is 81.7 cm³/mol. The van der Waals surface area contributed by atoms with Gasteiger partial charge in [-0.25, -0.2) is 4.39 Å². The van der Waals surface area contributed by atoms with Crippen molar-refractivity contribution in [1.29, 1.82) is 0 Å². The lowest BCUT2D eigenvalue weighted by Gasteiger charge is -2.10. The number of nitrogens with zero attached hydrogens (tertiary/aromatic N) is 2. The third-order valence-corrected chi connectivity index (χ3v) is 3.37. The quantitative estimate of drug-likeness (QED) is 0.746. The molecule has 0 aliphatic heterocycles. The monoisotopic (exact) mass is 331 g/mol. The van der Waals surface area contributed by atoms with Gasteiger partial charge in [-0.1, -0.05) is 6.07 Å². The molecule has 0 amide bonds. The first-order valence-corrected chi connectivity index (χ1v) is 6.86. The maximum atomic E-state index is 13.9. The number of nitrogens with one attached hydrogen (secondary N) is 1. The van der Waals surface area contributed by atoms with Gasteiger partial charge in [-0.3, -0.25) is 9.97 Å². The van der Waals surface area contributed by atoms with E-state index in [0.717, 1.165) is 21.2 Å². The molecule has 1 N–H and O–H groups in total. The lowest BCUT2D eigenvalue weighted by molar-refractivity contribution is 0.631. The minimum atomic E-state index is -0.285. The fraction of sp³-hybridized carbons (Fsp3) is 0.0667. The summed E-state index contributed by atoms with van der Waals surface area (Å²) in [5.74, 6) is -0.285. The van der Waals surface area contributed by atoms with Crippen LogP contribution in [0.2, 0.25) is 0 Å². The molecule has 2 heterocycles. The van der Waals surface area contributed by atoms with Crippen LogP contribution >= 0.6 is 15.9 Å². The zero-order valence-corrected chi connectivity index (χ0v) is 12.3. The number of aryl methyl sites for hydroxylation is 1. The number of hydrogen-bond donors (Lipinski definition) is 1. The van der Waals surface area contributed by atoms with Crippen LogP contribution in [0.25, 0.3) is 11.0 Å². The van der Waals surface area contributed by atoms with Crippen molar-refractivity contribution in [2.75, 3.05) is 5.32 Å². The first-order valence-electron chi connectivity index (χ1n) is 6.07. The second kappa shape index (κ2) is 5.17. The Balaban J connectivity index is 2.06. The molecule has 0 spiro atoms. The number of anilines is 2. The maximum Gasteiger partial charge on any atom is 0.146 e.